The van der Waals surface area contributed by atoms with Gasteiger partial charge in [0.15, 0.2) is 0 Å². The predicted molar refractivity (Wildman–Crippen MR) is 102 cm³/mol. The van der Waals surface area contributed by atoms with Gasteiger partial charge in [-0.1, -0.05) is 67.6 Å². The summed E-state index contributed by atoms with van der Waals surface area (Å²) in [6.07, 6.45) is -0.525. The molecule has 0 saturated carbocycles. The largest absolute Gasteiger partial charge is 0.446 e. The Morgan fingerprint density at radius 1 is 1.04 bits per heavy atom. The van der Waals surface area contributed by atoms with Crippen molar-refractivity contribution in [1.29, 1.82) is 0 Å². The molecule has 2 aliphatic heterocycles. The van der Waals surface area contributed by atoms with Gasteiger partial charge >= 0.3 is 6.09 Å². The van der Waals surface area contributed by atoms with E-state index in [-0.39, 0.29) is 30.4 Å². The summed E-state index contributed by atoms with van der Waals surface area (Å²) in [6.45, 7) is 4.65. The second-order valence-electron chi connectivity index (χ2n) is 7.48. The second kappa shape index (κ2) is 7.53. The molecule has 0 spiro atoms. The van der Waals surface area contributed by atoms with Gasteiger partial charge in [0.25, 0.3) is 0 Å². The van der Waals surface area contributed by atoms with Crippen LogP contribution in [0.2, 0.25) is 0 Å². The molecule has 2 fully saturated rings. The van der Waals surface area contributed by atoms with Gasteiger partial charge in [0, 0.05) is 19.6 Å². The van der Waals surface area contributed by atoms with Gasteiger partial charge in [0.05, 0.1) is 5.92 Å². The summed E-state index contributed by atoms with van der Waals surface area (Å²) < 4.78 is 5.22. The van der Waals surface area contributed by atoms with Crippen LogP contribution in [0.5, 0.6) is 0 Å². The molecule has 0 aliphatic carbocycles. The van der Waals surface area contributed by atoms with Crippen molar-refractivity contribution in [2.75, 3.05) is 19.7 Å². The number of nitrogens with zero attached hydrogens (tertiary/aromatic N) is 2. The molecular weight excluding hydrogens is 340 g/mol. The molecule has 27 heavy (non-hydrogen) atoms. The zero-order valence-electron chi connectivity index (χ0n) is 15.5. The van der Waals surface area contributed by atoms with E-state index in [0.29, 0.717) is 6.54 Å². The van der Waals surface area contributed by atoms with Crippen molar-refractivity contribution in [2.45, 2.75) is 19.5 Å². The Hall–Kier alpha value is -2.66. The molecule has 2 heterocycles. The lowest BCUT2D eigenvalue weighted by Gasteiger charge is -2.24. The highest BCUT2D eigenvalue weighted by Crippen LogP contribution is 2.33. The van der Waals surface area contributed by atoms with Gasteiger partial charge in [0.1, 0.15) is 12.6 Å². The minimum atomic E-state index is -0.525. The number of hydrogen-bond donors (Lipinski definition) is 0. The van der Waals surface area contributed by atoms with Gasteiger partial charge in [-0.05, 0) is 17.0 Å². The number of benzene rings is 2. The first-order chi connectivity index (χ1) is 13.1. The van der Waals surface area contributed by atoms with E-state index in [4.69, 9.17) is 4.74 Å². The fourth-order valence-electron chi connectivity index (χ4n) is 4.12. The minimum Gasteiger partial charge on any atom is -0.446 e. The van der Waals surface area contributed by atoms with Crippen LogP contribution in [0.4, 0.5) is 4.79 Å². The van der Waals surface area contributed by atoms with E-state index in [1.807, 2.05) is 48.5 Å². The van der Waals surface area contributed by atoms with Crippen molar-refractivity contribution in [3.05, 3.63) is 71.8 Å². The summed E-state index contributed by atoms with van der Waals surface area (Å²) in [5.41, 5.74) is 2.17. The van der Waals surface area contributed by atoms with E-state index >= 15 is 0 Å². The average Bonchev–Trinajstić information content (AvgIpc) is 3.25. The number of ether oxygens (including phenoxy) is 1. The van der Waals surface area contributed by atoms with Crippen molar-refractivity contribution >= 4 is 12.0 Å². The Labute approximate surface area is 159 Å². The van der Waals surface area contributed by atoms with Gasteiger partial charge in [-0.25, -0.2) is 9.69 Å². The van der Waals surface area contributed by atoms with Crippen molar-refractivity contribution < 1.29 is 14.3 Å². The van der Waals surface area contributed by atoms with E-state index in [1.165, 1.54) is 10.5 Å². The van der Waals surface area contributed by atoms with Crippen LogP contribution in [0, 0.1) is 11.8 Å². The Bertz CT molecular complexity index is 809. The maximum atomic E-state index is 13.2. The number of imide groups is 1. The minimum absolute atomic E-state index is 0.116. The van der Waals surface area contributed by atoms with Crippen LogP contribution in [0.25, 0.3) is 0 Å². The molecule has 2 aliphatic rings. The number of amides is 2. The summed E-state index contributed by atoms with van der Waals surface area (Å²) in [4.78, 5) is 29.2. The lowest BCUT2D eigenvalue weighted by atomic mass is 9.95. The number of hydrogen-bond acceptors (Lipinski definition) is 4. The molecule has 5 nitrogen and oxygen atoms in total. The van der Waals surface area contributed by atoms with E-state index in [2.05, 4.69) is 24.0 Å². The molecule has 0 bridgehead atoms. The molecule has 4 rings (SSSR count). The average molecular weight is 364 g/mol. The predicted octanol–water partition coefficient (Wildman–Crippen LogP) is 3.47. The maximum absolute atomic E-state index is 13.2. The molecule has 0 N–H and O–H groups in total. The molecule has 2 saturated heterocycles. The quantitative estimate of drug-likeness (QED) is 0.833. The standard InChI is InChI=1S/C22H24N2O3/c1-16-12-23(13-17-8-4-2-5-9-17)14-19(16)21(25)24-20(15-27-22(24)26)18-10-6-3-7-11-18/h2-11,16,19-20H,12-15H2,1H3/t16-,19-,20?/m0/s1. The highest BCUT2D eigenvalue weighted by Gasteiger charge is 2.45. The third kappa shape index (κ3) is 3.60. The van der Waals surface area contributed by atoms with Gasteiger partial charge < -0.3 is 4.74 Å². The van der Waals surface area contributed by atoms with Crippen LogP contribution in [-0.2, 0) is 16.1 Å². The molecule has 0 radical (unpaired) electrons. The lowest BCUT2D eigenvalue weighted by Crippen LogP contribution is -2.41. The van der Waals surface area contributed by atoms with E-state index < -0.39 is 6.09 Å². The van der Waals surface area contributed by atoms with Crippen LogP contribution in [-0.4, -0.2) is 41.5 Å². The Kier molecular flexibility index (Phi) is 4.94. The Balaban J connectivity index is 1.49. The number of rotatable bonds is 4. The third-order valence-electron chi connectivity index (χ3n) is 5.55. The fourth-order valence-corrected chi connectivity index (χ4v) is 4.12. The van der Waals surface area contributed by atoms with Crippen LogP contribution in [0.15, 0.2) is 60.7 Å². The SMILES string of the molecule is C[C@H]1CN(Cc2ccccc2)C[C@@H]1C(=O)N1C(=O)OCC1c1ccccc1. The summed E-state index contributed by atoms with van der Waals surface area (Å²) >= 11 is 0. The molecule has 2 aromatic rings. The first-order valence-electron chi connectivity index (χ1n) is 9.44. The van der Waals surface area contributed by atoms with Gasteiger partial charge in [-0.3, -0.25) is 9.69 Å². The van der Waals surface area contributed by atoms with Gasteiger partial charge in [-0.2, -0.15) is 0 Å². The van der Waals surface area contributed by atoms with Crippen molar-refractivity contribution in [1.82, 2.24) is 9.80 Å². The van der Waals surface area contributed by atoms with Crippen molar-refractivity contribution in [3.8, 4) is 0 Å². The lowest BCUT2D eigenvalue weighted by molar-refractivity contribution is -0.134. The zero-order valence-corrected chi connectivity index (χ0v) is 15.5. The maximum Gasteiger partial charge on any atom is 0.417 e. The smallest absolute Gasteiger partial charge is 0.417 e. The molecule has 3 atom stereocenters. The molecular formula is C22H24N2O3. The molecule has 5 heteroatoms. The van der Waals surface area contributed by atoms with Gasteiger partial charge in [0.2, 0.25) is 5.91 Å². The number of likely N-dealkylation sites (tertiary alicyclic amines) is 1. The third-order valence-corrected chi connectivity index (χ3v) is 5.55. The van der Waals surface area contributed by atoms with Crippen LogP contribution < -0.4 is 0 Å². The first kappa shape index (κ1) is 17.7. The van der Waals surface area contributed by atoms with Crippen molar-refractivity contribution in [2.24, 2.45) is 11.8 Å². The normalized spacial score (nSPS) is 25.6. The van der Waals surface area contributed by atoms with E-state index in [9.17, 15) is 9.59 Å². The number of carbonyl (C=O) groups excluding carboxylic acids is 2. The summed E-state index contributed by atoms with van der Waals surface area (Å²) in [5, 5.41) is 0. The van der Waals surface area contributed by atoms with Crippen LogP contribution in [0.3, 0.4) is 0 Å². The fraction of sp³-hybridized carbons (Fsp3) is 0.364. The summed E-state index contributed by atoms with van der Waals surface area (Å²) in [6, 6.07) is 19.6. The molecule has 2 aromatic carbocycles. The Morgan fingerprint density at radius 2 is 1.70 bits per heavy atom. The Morgan fingerprint density at radius 3 is 2.41 bits per heavy atom. The molecule has 140 valence electrons. The second-order valence-corrected chi connectivity index (χ2v) is 7.48. The summed E-state index contributed by atoms with van der Waals surface area (Å²) in [7, 11) is 0. The molecule has 0 aromatic heterocycles. The number of carbonyl (C=O) groups is 2. The van der Waals surface area contributed by atoms with Gasteiger partial charge in [-0.15, -0.1) is 0 Å². The van der Waals surface area contributed by atoms with Crippen molar-refractivity contribution in [3.63, 3.8) is 0 Å². The highest BCUT2D eigenvalue weighted by atomic mass is 16.6. The molecule has 2 amide bonds. The molecule has 1 unspecified atom stereocenters. The van der Waals surface area contributed by atoms with E-state index in [1.54, 1.807) is 0 Å². The van der Waals surface area contributed by atoms with E-state index in [0.717, 1.165) is 18.7 Å². The number of cyclic esters (lactones) is 1. The topological polar surface area (TPSA) is 49.9 Å². The van der Waals surface area contributed by atoms with Crippen LogP contribution in [0.1, 0.15) is 24.1 Å². The van der Waals surface area contributed by atoms with Crippen LogP contribution >= 0.6 is 0 Å². The summed E-state index contributed by atoms with van der Waals surface area (Å²) in [5.74, 6) is -0.106. The zero-order chi connectivity index (χ0) is 18.8. The monoisotopic (exact) mass is 364 g/mol. The first-order valence-corrected chi connectivity index (χ1v) is 9.44. The highest BCUT2D eigenvalue weighted by molar-refractivity contribution is 5.95.